The van der Waals surface area contributed by atoms with Crippen LogP contribution in [0.25, 0.3) is 0 Å². The molecule has 0 aliphatic heterocycles. The Labute approximate surface area is 113 Å². The molecule has 1 rings (SSSR count). The zero-order chi connectivity index (χ0) is 13.9. The van der Waals surface area contributed by atoms with Gasteiger partial charge in [-0.3, -0.25) is 0 Å². The molecule has 0 aromatic heterocycles. The van der Waals surface area contributed by atoms with Crippen molar-refractivity contribution in [2.45, 2.75) is 19.4 Å². The Kier molecular flexibility index (Phi) is 7.54. The summed E-state index contributed by atoms with van der Waals surface area (Å²) >= 11 is 0. The van der Waals surface area contributed by atoms with Crippen molar-refractivity contribution in [2.24, 2.45) is 0 Å². The summed E-state index contributed by atoms with van der Waals surface area (Å²) in [6.45, 7) is 5.77. The monoisotopic (exact) mass is 264 g/mol. The van der Waals surface area contributed by atoms with Gasteiger partial charge in [0.25, 0.3) is 0 Å². The Bertz CT molecular complexity index is 401. The molecular formula is C15H20O4. The number of unbranched alkanes of at least 4 members (excludes halogenated alkanes) is 1. The average molecular weight is 264 g/mol. The van der Waals surface area contributed by atoms with Crippen molar-refractivity contribution in [3.05, 3.63) is 48.0 Å². The number of carboxylic acids is 1. The van der Waals surface area contributed by atoms with Crippen molar-refractivity contribution in [1.29, 1.82) is 0 Å². The highest BCUT2D eigenvalue weighted by Gasteiger charge is 2.08. The Morgan fingerprint density at radius 2 is 1.89 bits per heavy atom. The SMILES string of the molecule is C=CCOCCCCOCc1ccccc1C(=O)O. The zero-order valence-electron chi connectivity index (χ0n) is 11.0. The molecule has 0 bridgehead atoms. The van der Waals surface area contributed by atoms with Gasteiger partial charge in [0.05, 0.1) is 18.8 Å². The molecule has 0 spiro atoms. The summed E-state index contributed by atoms with van der Waals surface area (Å²) in [6.07, 6.45) is 3.54. The first-order valence-corrected chi connectivity index (χ1v) is 6.33. The number of aromatic carboxylic acids is 1. The lowest BCUT2D eigenvalue weighted by atomic mass is 10.1. The van der Waals surface area contributed by atoms with Crippen LogP contribution < -0.4 is 0 Å². The van der Waals surface area contributed by atoms with Crippen LogP contribution in [0.4, 0.5) is 0 Å². The minimum absolute atomic E-state index is 0.303. The van der Waals surface area contributed by atoms with Crippen LogP contribution in [0.1, 0.15) is 28.8 Å². The number of ether oxygens (including phenoxy) is 2. The Balaban J connectivity index is 2.19. The van der Waals surface area contributed by atoms with Crippen LogP contribution in [0.15, 0.2) is 36.9 Å². The van der Waals surface area contributed by atoms with Gasteiger partial charge in [0, 0.05) is 13.2 Å². The maximum absolute atomic E-state index is 11.0. The molecule has 19 heavy (non-hydrogen) atoms. The highest BCUT2D eigenvalue weighted by molar-refractivity contribution is 5.89. The average Bonchev–Trinajstić information content (AvgIpc) is 2.42. The van der Waals surface area contributed by atoms with Crippen molar-refractivity contribution in [2.75, 3.05) is 19.8 Å². The van der Waals surface area contributed by atoms with Crippen LogP contribution in [0.3, 0.4) is 0 Å². The van der Waals surface area contributed by atoms with E-state index in [0.29, 0.717) is 37.6 Å². The van der Waals surface area contributed by atoms with Crippen molar-refractivity contribution < 1.29 is 19.4 Å². The largest absolute Gasteiger partial charge is 0.478 e. The molecule has 0 aliphatic carbocycles. The van der Waals surface area contributed by atoms with Gasteiger partial charge < -0.3 is 14.6 Å². The fourth-order valence-corrected chi connectivity index (χ4v) is 1.61. The second-order valence-electron chi connectivity index (χ2n) is 4.09. The Morgan fingerprint density at radius 1 is 1.21 bits per heavy atom. The molecule has 4 nitrogen and oxygen atoms in total. The van der Waals surface area contributed by atoms with E-state index in [2.05, 4.69) is 6.58 Å². The van der Waals surface area contributed by atoms with Gasteiger partial charge in [0.2, 0.25) is 0 Å². The summed E-state index contributed by atoms with van der Waals surface area (Å²) in [6, 6.07) is 6.89. The number of carboxylic acid groups (broad SMARTS) is 1. The summed E-state index contributed by atoms with van der Waals surface area (Å²) in [5.41, 5.74) is 1.01. The summed E-state index contributed by atoms with van der Waals surface area (Å²) in [7, 11) is 0. The third-order valence-corrected chi connectivity index (χ3v) is 2.57. The highest BCUT2D eigenvalue weighted by atomic mass is 16.5. The van der Waals surface area contributed by atoms with E-state index >= 15 is 0 Å². The summed E-state index contributed by atoms with van der Waals surface area (Å²) < 4.78 is 10.7. The number of rotatable bonds is 10. The van der Waals surface area contributed by atoms with Gasteiger partial charge >= 0.3 is 5.97 Å². The van der Waals surface area contributed by atoms with Gasteiger partial charge in [0.15, 0.2) is 0 Å². The van der Waals surface area contributed by atoms with Crippen LogP contribution in [0, 0.1) is 0 Å². The van der Waals surface area contributed by atoms with Gasteiger partial charge in [-0.25, -0.2) is 4.79 Å². The van der Waals surface area contributed by atoms with Crippen LogP contribution >= 0.6 is 0 Å². The molecular weight excluding hydrogens is 244 g/mol. The topological polar surface area (TPSA) is 55.8 Å². The lowest BCUT2D eigenvalue weighted by Gasteiger charge is -2.07. The van der Waals surface area contributed by atoms with Gasteiger partial charge in [-0.15, -0.1) is 6.58 Å². The van der Waals surface area contributed by atoms with Crippen LogP contribution in [0.5, 0.6) is 0 Å². The zero-order valence-corrected chi connectivity index (χ0v) is 11.0. The molecule has 0 aliphatic rings. The van der Waals surface area contributed by atoms with Gasteiger partial charge in [-0.2, -0.15) is 0 Å². The number of hydrogen-bond acceptors (Lipinski definition) is 3. The molecule has 0 saturated carbocycles. The minimum Gasteiger partial charge on any atom is -0.478 e. The van der Waals surface area contributed by atoms with Crippen LogP contribution in [0.2, 0.25) is 0 Å². The fourth-order valence-electron chi connectivity index (χ4n) is 1.61. The van der Waals surface area contributed by atoms with E-state index in [1.165, 1.54) is 0 Å². The first kappa shape index (κ1) is 15.4. The molecule has 104 valence electrons. The predicted octanol–water partition coefficient (Wildman–Crippen LogP) is 2.88. The normalized spacial score (nSPS) is 10.3. The second kappa shape index (κ2) is 9.30. The standard InChI is InChI=1S/C15H20O4/c1-2-9-18-10-5-6-11-19-12-13-7-3-4-8-14(13)15(16)17/h2-4,7-8H,1,5-6,9-12H2,(H,16,17). The quantitative estimate of drug-likeness (QED) is 0.521. The molecule has 0 atom stereocenters. The van der Waals surface area contributed by atoms with Crippen molar-refractivity contribution in [1.82, 2.24) is 0 Å². The summed E-state index contributed by atoms with van der Waals surface area (Å²) in [4.78, 5) is 11.0. The van der Waals surface area contributed by atoms with Gasteiger partial charge in [-0.1, -0.05) is 24.3 Å². The maximum atomic E-state index is 11.0. The third-order valence-electron chi connectivity index (χ3n) is 2.57. The van der Waals surface area contributed by atoms with Gasteiger partial charge in [0.1, 0.15) is 0 Å². The van der Waals surface area contributed by atoms with Crippen molar-refractivity contribution in [3.8, 4) is 0 Å². The van der Waals surface area contributed by atoms with Crippen LogP contribution in [-0.2, 0) is 16.1 Å². The molecule has 0 saturated heterocycles. The lowest BCUT2D eigenvalue weighted by Crippen LogP contribution is -2.05. The number of benzene rings is 1. The second-order valence-corrected chi connectivity index (χ2v) is 4.09. The van der Waals surface area contributed by atoms with E-state index in [1.807, 2.05) is 6.07 Å². The number of carbonyl (C=O) groups is 1. The predicted molar refractivity (Wildman–Crippen MR) is 73.3 cm³/mol. The number of hydrogen-bond donors (Lipinski definition) is 1. The molecule has 0 fully saturated rings. The Morgan fingerprint density at radius 3 is 2.58 bits per heavy atom. The van der Waals surface area contributed by atoms with E-state index < -0.39 is 5.97 Å². The van der Waals surface area contributed by atoms with Crippen molar-refractivity contribution in [3.63, 3.8) is 0 Å². The smallest absolute Gasteiger partial charge is 0.336 e. The van der Waals surface area contributed by atoms with E-state index in [4.69, 9.17) is 14.6 Å². The molecule has 1 aromatic carbocycles. The third kappa shape index (κ3) is 6.18. The van der Waals surface area contributed by atoms with E-state index in [-0.39, 0.29) is 0 Å². The molecule has 1 N–H and O–H groups in total. The lowest BCUT2D eigenvalue weighted by molar-refractivity contribution is 0.0685. The fraction of sp³-hybridized carbons (Fsp3) is 0.400. The summed E-state index contributed by atoms with van der Waals surface area (Å²) in [5.74, 6) is -0.919. The molecule has 4 heteroatoms. The minimum atomic E-state index is -0.919. The van der Waals surface area contributed by atoms with E-state index in [9.17, 15) is 4.79 Å². The Hall–Kier alpha value is -1.65. The van der Waals surface area contributed by atoms with Gasteiger partial charge in [-0.05, 0) is 24.5 Å². The molecule has 0 unspecified atom stereocenters. The maximum Gasteiger partial charge on any atom is 0.336 e. The van der Waals surface area contributed by atoms with E-state index in [1.54, 1.807) is 24.3 Å². The molecule has 1 aromatic rings. The molecule has 0 amide bonds. The first-order chi connectivity index (χ1) is 9.25. The first-order valence-electron chi connectivity index (χ1n) is 6.33. The van der Waals surface area contributed by atoms with Crippen molar-refractivity contribution >= 4 is 5.97 Å². The summed E-state index contributed by atoms with van der Waals surface area (Å²) in [5, 5.41) is 9.01. The molecule has 0 radical (unpaired) electrons. The van der Waals surface area contributed by atoms with Crippen LogP contribution in [-0.4, -0.2) is 30.9 Å². The van der Waals surface area contributed by atoms with E-state index in [0.717, 1.165) is 12.8 Å². The molecule has 0 heterocycles. The highest BCUT2D eigenvalue weighted by Crippen LogP contribution is 2.10.